The fraction of sp³-hybridized carbons (Fsp3) is 0.412. The van der Waals surface area contributed by atoms with Crippen LogP contribution in [-0.2, 0) is 14.3 Å². The summed E-state index contributed by atoms with van der Waals surface area (Å²) in [6.07, 6.45) is 1.76. The molecule has 122 valence electrons. The van der Waals surface area contributed by atoms with E-state index in [0.717, 1.165) is 12.8 Å². The molecule has 0 aliphatic heterocycles. The molecule has 23 heavy (non-hydrogen) atoms. The highest BCUT2D eigenvalue weighted by atomic mass is 16.6. The van der Waals surface area contributed by atoms with Crippen LogP contribution in [0.3, 0.4) is 0 Å². The molecular formula is C17H18O6. The van der Waals surface area contributed by atoms with E-state index in [0.29, 0.717) is 34.6 Å². The summed E-state index contributed by atoms with van der Waals surface area (Å²) in [6, 6.07) is 4.98. The van der Waals surface area contributed by atoms with Crippen molar-refractivity contribution in [3.05, 3.63) is 29.5 Å². The van der Waals surface area contributed by atoms with Gasteiger partial charge in [-0.2, -0.15) is 0 Å². The summed E-state index contributed by atoms with van der Waals surface area (Å²) in [6.45, 7) is 2.19. The molecule has 1 aliphatic carbocycles. The lowest BCUT2D eigenvalue weighted by atomic mass is 10.1. The van der Waals surface area contributed by atoms with Crippen molar-refractivity contribution in [3.8, 4) is 5.75 Å². The summed E-state index contributed by atoms with van der Waals surface area (Å²) in [7, 11) is 1.53. The largest absolute Gasteiger partial charge is 0.460 e. The smallest absolute Gasteiger partial charge is 0.342 e. The third kappa shape index (κ3) is 3.37. The second-order valence-electron chi connectivity index (χ2n) is 5.52. The van der Waals surface area contributed by atoms with Gasteiger partial charge in [0.05, 0.1) is 12.5 Å². The van der Waals surface area contributed by atoms with Crippen LogP contribution in [0, 0.1) is 12.8 Å². The van der Waals surface area contributed by atoms with Crippen LogP contribution in [0.2, 0.25) is 0 Å². The number of methoxy groups -OCH3 is 1. The molecule has 3 rings (SSSR count). The van der Waals surface area contributed by atoms with Crippen LogP contribution in [0.4, 0.5) is 0 Å². The van der Waals surface area contributed by atoms with Crippen molar-refractivity contribution in [2.45, 2.75) is 19.8 Å². The molecule has 0 radical (unpaired) electrons. The number of carbonyl (C=O) groups excluding carboxylic acids is 2. The molecule has 0 bridgehead atoms. The van der Waals surface area contributed by atoms with Gasteiger partial charge >= 0.3 is 11.9 Å². The van der Waals surface area contributed by atoms with Gasteiger partial charge in [0.2, 0.25) is 0 Å². The van der Waals surface area contributed by atoms with E-state index in [-0.39, 0.29) is 18.5 Å². The van der Waals surface area contributed by atoms with Gasteiger partial charge in [-0.15, -0.1) is 0 Å². The van der Waals surface area contributed by atoms with Crippen LogP contribution < -0.4 is 4.74 Å². The summed E-state index contributed by atoms with van der Waals surface area (Å²) < 4.78 is 20.9. The normalized spacial score (nSPS) is 14.0. The van der Waals surface area contributed by atoms with E-state index in [1.165, 1.54) is 7.11 Å². The van der Waals surface area contributed by atoms with Crippen LogP contribution in [0.15, 0.2) is 22.6 Å². The van der Waals surface area contributed by atoms with E-state index in [9.17, 15) is 9.59 Å². The van der Waals surface area contributed by atoms with E-state index in [2.05, 4.69) is 0 Å². The summed E-state index contributed by atoms with van der Waals surface area (Å²) in [5, 5.41) is 0.575. The lowest BCUT2D eigenvalue weighted by Crippen LogP contribution is -2.11. The molecule has 1 fully saturated rings. The highest BCUT2D eigenvalue weighted by Gasteiger charge is 2.31. The number of esters is 2. The second kappa shape index (κ2) is 6.42. The van der Waals surface area contributed by atoms with Gasteiger partial charge in [-0.1, -0.05) is 0 Å². The van der Waals surface area contributed by atoms with Crippen LogP contribution in [0.25, 0.3) is 11.0 Å². The quantitative estimate of drug-likeness (QED) is 0.463. The van der Waals surface area contributed by atoms with Crippen LogP contribution >= 0.6 is 0 Å². The maximum Gasteiger partial charge on any atom is 0.342 e. The number of hydrogen-bond donors (Lipinski definition) is 0. The molecule has 1 aliphatic rings. The van der Waals surface area contributed by atoms with Crippen LogP contribution in [0.1, 0.15) is 29.0 Å². The Hall–Kier alpha value is -2.34. The average Bonchev–Trinajstić information content (AvgIpc) is 3.30. The van der Waals surface area contributed by atoms with Crippen molar-refractivity contribution in [1.29, 1.82) is 0 Å². The number of rotatable bonds is 6. The molecule has 0 saturated heterocycles. The van der Waals surface area contributed by atoms with Gasteiger partial charge in [-0.25, -0.2) is 4.79 Å². The lowest BCUT2D eigenvalue weighted by Gasteiger charge is -2.05. The van der Waals surface area contributed by atoms with Gasteiger partial charge < -0.3 is 18.6 Å². The highest BCUT2D eigenvalue weighted by Crippen LogP contribution is 2.33. The molecule has 6 heteroatoms. The van der Waals surface area contributed by atoms with Gasteiger partial charge in [0.15, 0.2) is 0 Å². The van der Waals surface area contributed by atoms with Crippen LogP contribution in [0.5, 0.6) is 5.75 Å². The molecule has 1 aromatic heterocycles. The Balaban J connectivity index is 1.85. The third-order valence-corrected chi connectivity index (χ3v) is 3.69. The average molecular weight is 318 g/mol. The summed E-state index contributed by atoms with van der Waals surface area (Å²) in [5.74, 6) is 0.169. The van der Waals surface area contributed by atoms with Crippen LogP contribution in [-0.4, -0.2) is 32.3 Å². The predicted molar refractivity (Wildman–Crippen MR) is 81.5 cm³/mol. The van der Waals surface area contributed by atoms with Crippen molar-refractivity contribution < 1.29 is 28.2 Å². The molecule has 1 heterocycles. The molecular weight excluding hydrogens is 300 g/mol. The first-order valence-corrected chi connectivity index (χ1v) is 7.51. The van der Waals surface area contributed by atoms with Gasteiger partial charge in [0, 0.05) is 12.5 Å². The minimum absolute atomic E-state index is 0.00950. The van der Waals surface area contributed by atoms with E-state index in [4.69, 9.17) is 18.6 Å². The minimum Gasteiger partial charge on any atom is -0.460 e. The maximum atomic E-state index is 12.2. The Morgan fingerprint density at radius 2 is 2.04 bits per heavy atom. The van der Waals surface area contributed by atoms with E-state index >= 15 is 0 Å². The van der Waals surface area contributed by atoms with Crippen molar-refractivity contribution in [2.24, 2.45) is 5.92 Å². The SMILES string of the molecule is COCCOC(=O)c1c(C)oc2ccc(OC(=O)C3CC3)cc12. The summed E-state index contributed by atoms with van der Waals surface area (Å²) in [4.78, 5) is 24.0. The minimum atomic E-state index is -0.482. The summed E-state index contributed by atoms with van der Waals surface area (Å²) >= 11 is 0. The Morgan fingerprint density at radius 1 is 1.26 bits per heavy atom. The Labute approximate surface area is 133 Å². The number of benzene rings is 1. The molecule has 6 nitrogen and oxygen atoms in total. The first-order chi connectivity index (χ1) is 11.1. The Bertz CT molecular complexity index is 741. The topological polar surface area (TPSA) is 75.0 Å². The van der Waals surface area contributed by atoms with Gasteiger partial charge in [-0.3, -0.25) is 4.79 Å². The Kier molecular flexibility index (Phi) is 4.34. The number of hydrogen-bond acceptors (Lipinski definition) is 6. The first kappa shape index (κ1) is 15.6. The Morgan fingerprint density at radius 3 is 2.74 bits per heavy atom. The number of furan rings is 1. The monoisotopic (exact) mass is 318 g/mol. The molecule has 0 amide bonds. The number of fused-ring (bicyclic) bond motifs is 1. The van der Waals surface area contributed by atoms with E-state index < -0.39 is 5.97 Å². The van der Waals surface area contributed by atoms with Gasteiger partial charge in [-0.05, 0) is 38.0 Å². The molecule has 1 aromatic carbocycles. The molecule has 0 atom stereocenters. The van der Waals surface area contributed by atoms with Crippen molar-refractivity contribution >= 4 is 22.9 Å². The zero-order valence-electron chi connectivity index (χ0n) is 13.1. The van der Waals surface area contributed by atoms with E-state index in [1.54, 1.807) is 25.1 Å². The second-order valence-corrected chi connectivity index (χ2v) is 5.52. The number of carbonyl (C=O) groups is 2. The van der Waals surface area contributed by atoms with Crippen molar-refractivity contribution in [3.63, 3.8) is 0 Å². The first-order valence-electron chi connectivity index (χ1n) is 7.51. The number of aryl methyl sites for hydroxylation is 1. The zero-order chi connectivity index (χ0) is 16.4. The fourth-order valence-corrected chi connectivity index (χ4v) is 2.32. The summed E-state index contributed by atoms with van der Waals surface area (Å²) in [5.41, 5.74) is 0.896. The fourth-order valence-electron chi connectivity index (χ4n) is 2.32. The van der Waals surface area contributed by atoms with Crippen molar-refractivity contribution in [2.75, 3.05) is 20.3 Å². The molecule has 2 aromatic rings. The lowest BCUT2D eigenvalue weighted by molar-refractivity contribution is -0.135. The molecule has 0 unspecified atom stereocenters. The molecule has 0 spiro atoms. The van der Waals surface area contributed by atoms with E-state index in [1.807, 2.05) is 0 Å². The molecule has 0 N–H and O–H groups in total. The predicted octanol–water partition coefficient (Wildman–Crippen LogP) is 2.86. The van der Waals surface area contributed by atoms with Crippen molar-refractivity contribution in [1.82, 2.24) is 0 Å². The van der Waals surface area contributed by atoms with Gasteiger partial charge in [0.1, 0.15) is 29.3 Å². The number of ether oxygens (including phenoxy) is 3. The maximum absolute atomic E-state index is 12.2. The standard InChI is InChI=1S/C17H18O6/c1-10-15(17(19)21-8-7-20-2)13-9-12(5-6-14(13)22-10)23-16(18)11-3-4-11/h5-6,9,11H,3-4,7-8H2,1-2H3. The highest BCUT2D eigenvalue weighted by molar-refractivity contribution is 6.05. The zero-order valence-corrected chi connectivity index (χ0v) is 13.1. The third-order valence-electron chi connectivity index (χ3n) is 3.69. The van der Waals surface area contributed by atoms with Gasteiger partial charge in [0.25, 0.3) is 0 Å². The molecule has 1 saturated carbocycles.